The summed E-state index contributed by atoms with van der Waals surface area (Å²) in [7, 11) is 0. The molecule has 1 fully saturated rings. The maximum Gasteiger partial charge on any atom is 0.263 e. The summed E-state index contributed by atoms with van der Waals surface area (Å²) in [5.41, 5.74) is 3.55. The maximum atomic E-state index is 12.9. The quantitative estimate of drug-likeness (QED) is 0.418. The number of aromatic nitrogens is 5. The van der Waals surface area contributed by atoms with Gasteiger partial charge in [-0.3, -0.25) is 14.6 Å². The fourth-order valence-electron chi connectivity index (χ4n) is 4.50. The molecular weight excluding hydrogens is 478 g/mol. The van der Waals surface area contributed by atoms with Crippen molar-refractivity contribution in [2.45, 2.75) is 53.1 Å². The number of allylic oxidation sites excluding steroid dienone is 1. The Labute approximate surface area is 222 Å². The van der Waals surface area contributed by atoms with Crippen LogP contribution in [0.1, 0.15) is 54.0 Å². The van der Waals surface area contributed by atoms with Crippen molar-refractivity contribution in [2.24, 2.45) is 0 Å². The van der Waals surface area contributed by atoms with Crippen LogP contribution in [0.3, 0.4) is 0 Å². The second-order valence-corrected chi connectivity index (χ2v) is 9.26. The van der Waals surface area contributed by atoms with Crippen LogP contribution in [0.15, 0.2) is 65.9 Å². The minimum absolute atomic E-state index is 0.0432. The van der Waals surface area contributed by atoms with Crippen molar-refractivity contribution in [3.8, 4) is 0 Å². The van der Waals surface area contributed by atoms with Gasteiger partial charge in [0.25, 0.3) is 11.5 Å². The number of fused-ring (bicyclic) bond motifs is 1. The van der Waals surface area contributed by atoms with E-state index in [1.807, 2.05) is 67.9 Å². The average Bonchev–Trinajstić information content (AvgIpc) is 3.57. The minimum atomic E-state index is -0.308. The van der Waals surface area contributed by atoms with E-state index in [4.69, 9.17) is 5.10 Å². The third-order valence-corrected chi connectivity index (χ3v) is 6.69. The normalized spacial score (nSPS) is 15.1. The van der Waals surface area contributed by atoms with E-state index in [-0.39, 0.29) is 23.1 Å². The highest BCUT2D eigenvalue weighted by Gasteiger charge is 2.27. The van der Waals surface area contributed by atoms with Gasteiger partial charge in [-0.2, -0.15) is 0 Å². The number of hydrogen-bond donors (Lipinski definition) is 1. The van der Waals surface area contributed by atoms with Crippen molar-refractivity contribution in [1.29, 1.82) is 0 Å². The van der Waals surface area contributed by atoms with Crippen molar-refractivity contribution in [1.82, 2.24) is 29.5 Å². The standard InChI is InChI=1S/C24H30N6O2.C5H5N/c1-5-7-8-19-14-25-21-9-10-22(27-30(19)21)28-12-11-18(15-28)26-23(31)20-13-16(3)17(4)29(6-2)24(20)32;1-2-4-6-5-3-1/h7-10,13-14,18H,5-6,11-12,15H2,1-4H3,(H,26,31);1-5H/b8-7+;/t18-;/m0./s1. The lowest BCUT2D eigenvalue weighted by Crippen LogP contribution is -2.41. The van der Waals surface area contributed by atoms with E-state index in [1.54, 1.807) is 23.0 Å². The highest BCUT2D eigenvalue weighted by molar-refractivity contribution is 5.94. The van der Waals surface area contributed by atoms with E-state index in [0.29, 0.717) is 13.1 Å². The van der Waals surface area contributed by atoms with Gasteiger partial charge in [-0.1, -0.05) is 19.1 Å². The van der Waals surface area contributed by atoms with E-state index in [1.165, 1.54) is 0 Å². The summed E-state index contributed by atoms with van der Waals surface area (Å²) in [5, 5.41) is 7.82. The molecule has 9 nitrogen and oxygen atoms in total. The number of nitrogens with zero attached hydrogens (tertiary/aromatic N) is 6. The monoisotopic (exact) mass is 513 g/mol. The molecule has 0 bridgehead atoms. The van der Waals surface area contributed by atoms with Crippen LogP contribution in [0.25, 0.3) is 11.7 Å². The van der Waals surface area contributed by atoms with Gasteiger partial charge in [-0.25, -0.2) is 9.50 Å². The Hall–Kier alpha value is -4.27. The summed E-state index contributed by atoms with van der Waals surface area (Å²) >= 11 is 0. The molecule has 1 amide bonds. The van der Waals surface area contributed by atoms with Crippen LogP contribution in [-0.2, 0) is 6.54 Å². The van der Waals surface area contributed by atoms with E-state index in [2.05, 4.69) is 33.2 Å². The first-order valence-electron chi connectivity index (χ1n) is 13.1. The molecule has 0 unspecified atom stereocenters. The molecule has 198 valence electrons. The molecule has 1 saturated heterocycles. The van der Waals surface area contributed by atoms with Gasteiger partial charge in [0, 0.05) is 43.8 Å². The fraction of sp³-hybridized carbons (Fsp3) is 0.345. The average molecular weight is 514 g/mol. The van der Waals surface area contributed by atoms with Crippen LogP contribution in [0.2, 0.25) is 0 Å². The lowest BCUT2D eigenvalue weighted by atomic mass is 10.1. The number of anilines is 1. The predicted octanol–water partition coefficient (Wildman–Crippen LogP) is 4.04. The van der Waals surface area contributed by atoms with Crippen LogP contribution in [-0.4, -0.2) is 49.2 Å². The van der Waals surface area contributed by atoms with Gasteiger partial charge >= 0.3 is 0 Å². The van der Waals surface area contributed by atoms with Gasteiger partial charge < -0.3 is 14.8 Å². The number of nitrogens with one attached hydrogen (secondary N) is 1. The Morgan fingerprint density at radius 2 is 1.95 bits per heavy atom. The number of hydrogen-bond acceptors (Lipinski definition) is 6. The van der Waals surface area contributed by atoms with Crippen LogP contribution >= 0.6 is 0 Å². The number of rotatable bonds is 6. The number of aryl methyl sites for hydroxylation is 1. The van der Waals surface area contributed by atoms with Crippen molar-refractivity contribution >= 4 is 23.4 Å². The van der Waals surface area contributed by atoms with Crippen molar-refractivity contribution in [3.63, 3.8) is 0 Å². The molecule has 1 N–H and O–H groups in total. The molecular formula is C29H35N7O2. The molecule has 0 radical (unpaired) electrons. The molecule has 0 spiro atoms. The molecule has 9 heteroatoms. The van der Waals surface area contributed by atoms with E-state index >= 15 is 0 Å². The first kappa shape index (κ1) is 26.8. The molecule has 1 aliphatic rings. The molecule has 4 aromatic rings. The van der Waals surface area contributed by atoms with Crippen LogP contribution in [0.5, 0.6) is 0 Å². The van der Waals surface area contributed by atoms with Gasteiger partial charge in [0.15, 0.2) is 5.65 Å². The largest absolute Gasteiger partial charge is 0.353 e. The van der Waals surface area contributed by atoms with Crippen molar-refractivity contribution in [2.75, 3.05) is 18.0 Å². The second kappa shape index (κ2) is 12.3. The third-order valence-electron chi connectivity index (χ3n) is 6.69. The SMILES string of the molecule is CC/C=C/c1cnc2ccc(N3CC[C@H](NC(=O)c4cc(C)c(C)n(CC)c4=O)C3)nn12.c1ccncc1. The van der Waals surface area contributed by atoms with Crippen LogP contribution < -0.4 is 15.8 Å². The Kier molecular flexibility index (Phi) is 8.68. The third kappa shape index (κ3) is 5.99. The summed E-state index contributed by atoms with van der Waals surface area (Å²) < 4.78 is 3.50. The number of amides is 1. The lowest BCUT2D eigenvalue weighted by molar-refractivity contribution is 0.0938. The Bertz CT molecular complexity index is 1450. The summed E-state index contributed by atoms with van der Waals surface area (Å²) in [6.45, 7) is 9.81. The minimum Gasteiger partial charge on any atom is -0.353 e. The number of carbonyl (C=O) groups excluding carboxylic acids is 1. The molecule has 5 heterocycles. The lowest BCUT2D eigenvalue weighted by Gasteiger charge is -2.18. The van der Waals surface area contributed by atoms with Gasteiger partial charge in [0.1, 0.15) is 11.4 Å². The highest BCUT2D eigenvalue weighted by atomic mass is 16.2. The topological polar surface area (TPSA) is 97.4 Å². The molecule has 1 atom stereocenters. The number of imidazole rings is 1. The molecule has 38 heavy (non-hydrogen) atoms. The number of carbonyl (C=O) groups is 1. The molecule has 4 aromatic heterocycles. The summed E-state index contributed by atoms with van der Waals surface area (Å²) in [4.78, 5) is 36.0. The van der Waals surface area contributed by atoms with Crippen LogP contribution in [0, 0.1) is 13.8 Å². The predicted molar refractivity (Wildman–Crippen MR) is 150 cm³/mol. The summed E-state index contributed by atoms with van der Waals surface area (Å²) in [6, 6.07) is 11.3. The van der Waals surface area contributed by atoms with Crippen molar-refractivity contribution in [3.05, 3.63) is 93.9 Å². The first-order chi connectivity index (χ1) is 18.4. The van der Waals surface area contributed by atoms with E-state index in [0.717, 1.165) is 47.8 Å². The fourth-order valence-corrected chi connectivity index (χ4v) is 4.50. The molecule has 0 aliphatic carbocycles. The van der Waals surface area contributed by atoms with Gasteiger partial charge in [-0.15, -0.1) is 5.10 Å². The Morgan fingerprint density at radius 3 is 2.61 bits per heavy atom. The maximum absolute atomic E-state index is 12.9. The van der Waals surface area contributed by atoms with Crippen LogP contribution in [0.4, 0.5) is 5.82 Å². The zero-order valence-corrected chi connectivity index (χ0v) is 22.5. The van der Waals surface area contributed by atoms with Gasteiger partial charge in [0.2, 0.25) is 0 Å². The molecule has 0 aromatic carbocycles. The van der Waals surface area contributed by atoms with Gasteiger partial charge in [-0.05, 0) is 75.6 Å². The van der Waals surface area contributed by atoms with Crippen molar-refractivity contribution < 1.29 is 4.79 Å². The van der Waals surface area contributed by atoms with Gasteiger partial charge in [0.05, 0.1) is 11.9 Å². The summed E-state index contributed by atoms with van der Waals surface area (Å²) in [5.74, 6) is 0.537. The summed E-state index contributed by atoms with van der Waals surface area (Å²) in [6.07, 6.45) is 11.2. The van der Waals surface area contributed by atoms with E-state index in [9.17, 15) is 9.59 Å². The molecule has 5 rings (SSSR count). The Morgan fingerprint density at radius 1 is 1.16 bits per heavy atom. The first-order valence-corrected chi connectivity index (χ1v) is 13.1. The highest BCUT2D eigenvalue weighted by Crippen LogP contribution is 2.20. The smallest absolute Gasteiger partial charge is 0.263 e. The second-order valence-electron chi connectivity index (χ2n) is 9.26. The van der Waals surface area contributed by atoms with E-state index < -0.39 is 0 Å². The zero-order valence-electron chi connectivity index (χ0n) is 22.5. The molecule has 0 saturated carbocycles. The zero-order chi connectivity index (χ0) is 27.1. The molecule has 1 aliphatic heterocycles. The Balaban J connectivity index is 0.000000494. The number of pyridine rings is 2.